The first-order valence-electron chi connectivity index (χ1n) is 9.67. The molecule has 2 aliphatic rings. The largest absolute Gasteiger partial charge is 0.454 e. The molecule has 3 heterocycles. The molecule has 0 radical (unpaired) electrons. The summed E-state index contributed by atoms with van der Waals surface area (Å²) in [4.78, 5) is 3.70. The third-order valence-corrected chi connectivity index (χ3v) is 5.87. The van der Waals surface area contributed by atoms with E-state index in [1.165, 1.54) is 33.3 Å². The summed E-state index contributed by atoms with van der Waals surface area (Å²) in [6.07, 6.45) is 0. The molecule has 2 atom stereocenters. The summed E-state index contributed by atoms with van der Waals surface area (Å²) in [5, 5.41) is 5.07. The highest BCUT2D eigenvalue weighted by Crippen LogP contribution is 2.43. The fourth-order valence-corrected chi connectivity index (χ4v) is 4.57. The van der Waals surface area contributed by atoms with Crippen LogP contribution in [0.4, 0.5) is 0 Å². The van der Waals surface area contributed by atoms with Crippen LogP contribution in [0.3, 0.4) is 0 Å². The molecule has 6 rings (SSSR count). The molecule has 2 N–H and O–H groups in total. The zero-order chi connectivity index (χ0) is 18.5. The van der Waals surface area contributed by atoms with Crippen molar-refractivity contribution >= 4 is 23.3 Å². The van der Waals surface area contributed by atoms with E-state index in [9.17, 15) is 0 Å². The lowest BCUT2D eigenvalue weighted by Gasteiger charge is -2.31. The van der Waals surface area contributed by atoms with Gasteiger partial charge in [0.15, 0.2) is 11.5 Å². The predicted molar refractivity (Wildman–Crippen MR) is 116 cm³/mol. The van der Waals surface area contributed by atoms with E-state index in [4.69, 9.17) is 9.47 Å². The maximum atomic E-state index is 5.61. The van der Waals surface area contributed by atoms with Crippen molar-refractivity contribution in [3.8, 4) is 11.5 Å². The van der Waals surface area contributed by atoms with Crippen LogP contribution < -0.4 is 14.8 Å². The number of aromatic nitrogens is 1. The third-order valence-electron chi connectivity index (χ3n) is 5.87. The van der Waals surface area contributed by atoms with Crippen LogP contribution in [0.15, 0.2) is 72.8 Å². The Kier molecular flexibility index (Phi) is 4.46. The molecule has 4 aromatic rings. The van der Waals surface area contributed by atoms with Gasteiger partial charge < -0.3 is 19.8 Å². The second-order valence-corrected chi connectivity index (χ2v) is 7.42. The molecule has 0 spiro atoms. The van der Waals surface area contributed by atoms with Crippen molar-refractivity contribution in [2.24, 2.45) is 0 Å². The Bertz CT molecular complexity index is 1170. The van der Waals surface area contributed by atoms with E-state index in [1.807, 2.05) is 6.07 Å². The molecule has 29 heavy (non-hydrogen) atoms. The van der Waals surface area contributed by atoms with Gasteiger partial charge in [-0.05, 0) is 34.9 Å². The van der Waals surface area contributed by atoms with E-state index in [-0.39, 0.29) is 18.4 Å². The molecule has 0 bridgehead atoms. The summed E-state index contributed by atoms with van der Waals surface area (Å²) in [5.74, 6) is 1.96. The number of fused-ring (bicyclic) bond motifs is 4. The van der Waals surface area contributed by atoms with E-state index >= 15 is 0 Å². The van der Waals surface area contributed by atoms with Crippen LogP contribution in [-0.2, 0) is 0 Å². The molecule has 1 aromatic heterocycles. The second-order valence-electron chi connectivity index (χ2n) is 7.42. The van der Waals surface area contributed by atoms with Crippen LogP contribution >= 0.6 is 12.4 Å². The van der Waals surface area contributed by atoms with Crippen LogP contribution in [0, 0.1) is 0 Å². The molecule has 4 nitrogen and oxygen atoms in total. The predicted octanol–water partition coefficient (Wildman–Crippen LogP) is 5.14. The molecule has 146 valence electrons. The number of ether oxygens (including phenoxy) is 2. The Morgan fingerprint density at radius 2 is 1.59 bits per heavy atom. The summed E-state index contributed by atoms with van der Waals surface area (Å²) in [7, 11) is 0. The summed E-state index contributed by atoms with van der Waals surface area (Å²) in [6, 6.07) is 25.7. The highest BCUT2D eigenvalue weighted by Gasteiger charge is 2.32. The first kappa shape index (κ1) is 18.1. The molecular formula is C24H21ClN2O2. The van der Waals surface area contributed by atoms with Gasteiger partial charge in [0.05, 0.1) is 6.04 Å². The standard InChI is InChI=1S/C24H20N2O2.ClH/c1-2-6-15(7-3-1)18-13-25-23(16-10-11-20-21(12-16)28-14-27-20)24-22(18)17-8-4-5-9-19(17)26-24;/h1-12,18,23,25-26H,13-14H2;1H. The monoisotopic (exact) mass is 404 g/mol. The van der Waals surface area contributed by atoms with Gasteiger partial charge >= 0.3 is 0 Å². The first-order chi connectivity index (χ1) is 13.9. The van der Waals surface area contributed by atoms with Crippen molar-refractivity contribution in [3.05, 3.63) is 95.2 Å². The van der Waals surface area contributed by atoms with Crippen molar-refractivity contribution in [2.45, 2.75) is 12.0 Å². The molecule has 0 saturated carbocycles. The van der Waals surface area contributed by atoms with Gasteiger partial charge in [0.1, 0.15) is 0 Å². The topological polar surface area (TPSA) is 46.3 Å². The normalized spacial score (nSPS) is 19.6. The number of para-hydroxylation sites is 1. The average Bonchev–Trinajstić information content (AvgIpc) is 3.38. The van der Waals surface area contributed by atoms with Crippen molar-refractivity contribution in [3.63, 3.8) is 0 Å². The van der Waals surface area contributed by atoms with Gasteiger partial charge in [0.25, 0.3) is 0 Å². The Hall–Kier alpha value is -2.95. The summed E-state index contributed by atoms with van der Waals surface area (Å²) in [6.45, 7) is 1.18. The summed E-state index contributed by atoms with van der Waals surface area (Å²) >= 11 is 0. The zero-order valence-corrected chi connectivity index (χ0v) is 16.5. The van der Waals surface area contributed by atoms with E-state index in [1.54, 1.807) is 0 Å². The first-order valence-corrected chi connectivity index (χ1v) is 9.67. The van der Waals surface area contributed by atoms with Gasteiger partial charge in [-0.3, -0.25) is 0 Å². The van der Waals surface area contributed by atoms with Gasteiger partial charge in [0.2, 0.25) is 6.79 Å². The Balaban J connectivity index is 0.00000181. The number of benzene rings is 3. The zero-order valence-electron chi connectivity index (χ0n) is 15.7. The molecule has 2 aliphatic heterocycles. The van der Waals surface area contributed by atoms with E-state index in [2.05, 4.69) is 77.0 Å². The highest BCUT2D eigenvalue weighted by atomic mass is 35.5. The lowest BCUT2D eigenvalue weighted by atomic mass is 9.83. The fourth-order valence-electron chi connectivity index (χ4n) is 4.57. The molecule has 0 fully saturated rings. The van der Waals surface area contributed by atoms with Gasteiger partial charge in [-0.1, -0.05) is 54.6 Å². The van der Waals surface area contributed by atoms with E-state index in [0.717, 1.165) is 18.0 Å². The molecule has 3 aromatic carbocycles. The maximum Gasteiger partial charge on any atom is 0.231 e. The van der Waals surface area contributed by atoms with Crippen molar-refractivity contribution in [1.29, 1.82) is 0 Å². The molecular weight excluding hydrogens is 384 g/mol. The van der Waals surface area contributed by atoms with Gasteiger partial charge in [-0.25, -0.2) is 0 Å². The Morgan fingerprint density at radius 1 is 0.793 bits per heavy atom. The minimum atomic E-state index is 0. The van der Waals surface area contributed by atoms with Crippen LogP contribution in [0.2, 0.25) is 0 Å². The van der Waals surface area contributed by atoms with Gasteiger partial charge in [-0.15, -0.1) is 12.4 Å². The Labute approximate surface area is 175 Å². The van der Waals surface area contributed by atoms with E-state index in [0.29, 0.717) is 12.7 Å². The van der Waals surface area contributed by atoms with Gasteiger partial charge in [0, 0.05) is 29.1 Å². The average molecular weight is 405 g/mol. The molecule has 0 saturated heterocycles. The second kappa shape index (κ2) is 7.14. The number of halogens is 1. The van der Waals surface area contributed by atoms with Crippen molar-refractivity contribution in [2.75, 3.05) is 13.3 Å². The summed E-state index contributed by atoms with van der Waals surface area (Å²) in [5.41, 5.74) is 6.33. The SMILES string of the molecule is Cl.c1ccc(C2CNC(c3ccc4c(c3)OCO4)c3[nH]c4ccccc4c32)cc1. The smallest absolute Gasteiger partial charge is 0.231 e. The maximum absolute atomic E-state index is 5.61. The lowest BCUT2D eigenvalue weighted by molar-refractivity contribution is 0.174. The minimum absolute atomic E-state index is 0. The van der Waals surface area contributed by atoms with Gasteiger partial charge in [-0.2, -0.15) is 0 Å². The van der Waals surface area contributed by atoms with Crippen molar-refractivity contribution < 1.29 is 9.47 Å². The third kappa shape index (κ3) is 2.87. The van der Waals surface area contributed by atoms with Crippen molar-refractivity contribution in [1.82, 2.24) is 10.3 Å². The highest BCUT2D eigenvalue weighted by molar-refractivity contribution is 5.86. The minimum Gasteiger partial charge on any atom is -0.454 e. The molecule has 5 heteroatoms. The van der Waals surface area contributed by atoms with Crippen LogP contribution in [0.25, 0.3) is 10.9 Å². The number of rotatable bonds is 2. The van der Waals surface area contributed by atoms with E-state index < -0.39 is 0 Å². The molecule has 2 unspecified atom stereocenters. The number of H-pyrrole nitrogens is 1. The number of nitrogens with one attached hydrogen (secondary N) is 2. The molecule has 0 aliphatic carbocycles. The summed E-state index contributed by atoms with van der Waals surface area (Å²) < 4.78 is 11.1. The Morgan fingerprint density at radius 3 is 2.48 bits per heavy atom. The van der Waals surface area contributed by atoms with Crippen LogP contribution in [0.5, 0.6) is 11.5 Å². The number of hydrogen-bond acceptors (Lipinski definition) is 3. The number of aromatic amines is 1. The van der Waals surface area contributed by atoms with Crippen LogP contribution in [0.1, 0.15) is 34.3 Å². The molecule has 0 amide bonds. The fraction of sp³-hybridized carbons (Fsp3) is 0.167. The van der Waals surface area contributed by atoms with Crippen LogP contribution in [-0.4, -0.2) is 18.3 Å². The lowest BCUT2D eigenvalue weighted by Crippen LogP contribution is -2.34. The number of hydrogen-bond donors (Lipinski definition) is 2. The quantitative estimate of drug-likeness (QED) is 0.486.